The Balaban J connectivity index is 1.60. The maximum Gasteiger partial charge on any atom is 0.143 e. The first kappa shape index (κ1) is 11.9. The first-order valence-corrected chi connectivity index (χ1v) is 7.42. The van der Waals surface area contributed by atoms with Crippen LogP contribution < -0.4 is 5.32 Å². The van der Waals surface area contributed by atoms with Crippen LogP contribution in [0.5, 0.6) is 0 Å². The van der Waals surface area contributed by atoms with Crippen LogP contribution in [0.2, 0.25) is 0 Å². The number of hydrogen-bond acceptors (Lipinski definition) is 4. The van der Waals surface area contributed by atoms with Crippen molar-refractivity contribution in [3.05, 3.63) is 30.1 Å². The van der Waals surface area contributed by atoms with Gasteiger partial charge in [-0.05, 0) is 72.6 Å². The van der Waals surface area contributed by atoms with Crippen molar-refractivity contribution in [2.75, 3.05) is 5.32 Å². The maximum absolute atomic E-state index is 3.99. The number of benzene rings is 1. The fraction of sp³-hybridized carbons (Fsp3) is 0.533. The molecule has 0 unspecified atom stereocenters. The molecular formula is C15H19N5. The summed E-state index contributed by atoms with van der Waals surface area (Å²) in [4.78, 5) is 0. The van der Waals surface area contributed by atoms with Gasteiger partial charge in [-0.2, -0.15) is 0 Å². The summed E-state index contributed by atoms with van der Waals surface area (Å²) in [5.74, 6) is 1.78. The minimum Gasteiger partial charge on any atom is -0.382 e. The van der Waals surface area contributed by atoms with Gasteiger partial charge in [-0.3, -0.25) is 0 Å². The number of tetrazole rings is 1. The summed E-state index contributed by atoms with van der Waals surface area (Å²) in [5, 5.41) is 15.2. The van der Waals surface area contributed by atoms with E-state index in [1.54, 1.807) is 11.0 Å². The Bertz CT molecular complexity index is 587. The van der Waals surface area contributed by atoms with Crippen LogP contribution in [0.25, 0.3) is 5.69 Å². The van der Waals surface area contributed by atoms with Gasteiger partial charge in [0, 0.05) is 11.7 Å². The Hall–Kier alpha value is -1.91. The first-order valence-electron chi connectivity index (χ1n) is 7.42. The van der Waals surface area contributed by atoms with E-state index in [4.69, 9.17) is 0 Å². The molecule has 0 atom stereocenters. The summed E-state index contributed by atoms with van der Waals surface area (Å²) in [5.41, 5.74) is 3.41. The molecule has 0 aliphatic heterocycles. The van der Waals surface area contributed by atoms with Crippen LogP contribution in [-0.2, 0) is 0 Å². The lowest BCUT2D eigenvalue weighted by molar-refractivity contribution is 0.568. The van der Waals surface area contributed by atoms with E-state index in [2.05, 4.69) is 46.0 Å². The summed E-state index contributed by atoms with van der Waals surface area (Å²) < 4.78 is 1.73. The number of aromatic nitrogens is 4. The van der Waals surface area contributed by atoms with Gasteiger partial charge in [-0.25, -0.2) is 4.68 Å². The number of aryl methyl sites for hydroxylation is 1. The molecule has 2 aliphatic carbocycles. The molecule has 5 heteroatoms. The van der Waals surface area contributed by atoms with Crippen LogP contribution in [0.4, 0.5) is 5.69 Å². The zero-order valence-electron chi connectivity index (χ0n) is 11.7. The van der Waals surface area contributed by atoms with Gasteiger partial charge in [-0.1, -0.05) is 6.07 Å². The minimum absolute atomic E-state index is 0.666. The Labute approximate surface area is 118 Å². The third-order valence-electron chi connectivity index (χ3n) is 4.40. The third kappa shape index (κ3) is 2.28. The van der Waals surface area contributed by atoms with Gasteiger partial charge in [0.05, 0.1) is 5.69 Å². The molecule has 0 saturated heterocycles. The molecule has 0 spiro atoms. The average Bonchev–Trinajstić information content (AvgIpc) is 3.38. The van der Waals surface area contributed by atoms with Crippen LogP contribution >= 0.6 is 0 Å². The van der Waals surface area contributed by atoms with E-state index in [0.717, 1.165) is 17.5 Å². The van der Waals surface area contributed by atoms with Crippen LogP contribution in [-0.4, -0.2) is 26.2 Å². The molecule has 1 N–H and O–H groups in total. The second kappa shape index (κ2) is 4.58. The quantitative estimate of drug-likeness (QED) is 0.906. The smallest absolute Gasteiger partial charge is 0.143 e. The molecule has 5 nitrogen and oxygen atoms in total. The molecule has 4 rings (SSSR count). The SMILES string of the molecule is Cc1ccc(NC(C2CC2)C2CC2)cc1-n1cnnn1. The molecule has 0 bridgehead atoms. The summed E-state index contributed by atoms with van der Waals surface area (Å²) in [7, 11) is 0. The van der Waals surface area contributed by atoms with Gasteiger partial charge in [-0.15, -0.1) is 5.10 Å². The van der Waals surface area contributed by atoms with Crippen LogP contribution in [0.3, 0.4) is 0 Å². The summed E-state index contributed by atoms with van der Waals surface area (Å²) >= 11 is 0. The molecule has 2 fully saturated rings. The van der Waals surface area contributed by atoms with E-state index in [1.807, 2.05) is 0 Å². The number of nitrogens with one attached hydrogen (secondary N) is 1. The highest BCUT2D eigenvalue weighted by atomic mass is 15.5. The van der Waals surface area contributed by atoms with Crippen molar-refractivity contribution < 1.29 is 0 Å². The summed E-state index contributed by atoms with van der Waals surface area (Å²) in [6, 6.07) is 7.13. The maximum atomic E-state index is 3.99. The van der Waals surface area contributed by atoms with Gasteiger partial charge in [0.15, 0.2) is 0 Å². The predicted octanol–water partition coefficient (Wildman–Crippen LogP) is 2.57. The molecule has 1 aromatic carbocycles. The first-order chi connectivity index (χ1) is 9.81. The molecule has 1 aromatic heterocycles. The second-order valence-electron chi connectivity index (χ2n) is 6.10. The predicted molar refractivity (Wildman–Crippen MR) is 76.7 cm³/mol. The third-order valence-corrected chi connectivity index (χ3v) is 4.40. The fourth-order valence-corrected chi connectivity index (χ4v) is 2.94. The molecule has 2 saturated carbocycles. The van der Waals surface area contributed by atoms with E-state index in [0.29, 0.717) is 6.04 Å². The van der Waals surface area contributed by atoms with Crippen LogP contribution in [0, 0.1) is 18.8 Å². The van der Waals surface area contributed by atoms with Gasteiger partial charge in [0.2, 0.25) is 0 Å². The highest BCUT2D eigenvalue weighted by Gasteiger charge is 2.41. The van der Waals surface area contributed by atoms with Gasteiger partial charge >= 0.3 is 0 Å². The van der Waals surface area contributed by atoms with E-state index >= 15 is 0 Å². The van der Waals surface area contributed by atoms with Crippen molar-refractivity contribution in [1.82, 2.24) is 20.2 Å². The zero-order chi connectivity index (χ0) is 13.5. The van der Waals surface area contributed by atoms with Gasteiger partial charge < -0.3 is 5.32 Å². The second-order valence-corrected chi connectivity index (χ2v) is 6.10. The number of hydrogen-bond donors (Lipinski definition) is 1. The Kier molecular flexibility index (Phi) is 2.72. The van der Waals surface area contributed by atoms with E-state index < -0.39 is 0 Å². The monoisotopic (exact) mass is 269 g/mol. The highest BCUT2D eigenvalue weighted by Crippen LogP contribution is 2.45. The normalized spacial score (nSPS) is 18.5. The van der Waals surface area contributed by atoms with Crippen LogP contribution in [0.15, 0.2) is 24.5 Å². The Morgan fingerprint density at radius 3 is 2.55 bits per heavy atom. The van der Waals surface area contributed by atoms with Gasteiger partial charge in [0.1, 0.15) is 6.33 Å². The number of anilines is 1. The lowest BCUT2D eigenvalue weighted by Gasteiger charge is -2.20. The molecule has 104 valence electrons. The molecule has 0 radical (unpaired) electrons. The molecule has 2 aromatic rings. The number of rotatable bonds is 5. The Morgan fingerprint density at radius 1 is 1.20 bits per heavy atom. The lowest BCUT2D eigenvalue weighted by atomic mass is 10.1. The highest BCUT2D eigenvalue weighted by molar-refractivity contribution is 5.55. The van der Waals surface area contributed by atoms with Gasteiger partial charge in [0.25, 0.3) is 0 Å². The largest absolute Gasteiger partial charge is 0.382 e. The lowest BCUT2D eigenvalue weighted by Crippen LogP contribution is -2.24. The van der Waals surface area contributed by atoms with E-state index in [-0.39, 0.29) is 0 Å². The molecule has 2 aliphatic rings. The van der Waals surface area contributed by atoms with Crippen LogP contribution in [0.1, 0.15) is 31.2 Å². The van der Waals surface area contributed by atoms with Crippen molar-refractivity contribution in [3.8, 4) is 5.69 Å². The molecule has 20 heavy (non-hydrogen) atoms. The Morgan fingerprint density at radius 2 is 1.95 bits per heavy atom. The van der Waals surface area contributed by atoms with Crippen molar-refractivity contribution >= 4 is 5.69 Å². The molecule has 1 heterocycles. The zero-order valence-corrected chi connectivity index (χ0v) is 11.7. The summed E-state index contributed by atoms with van der Waals surface area (Å²) in [6.45, 7) is 2.08. The van der Waals surface area contributed by atoms with Crippen molar-refractivity contribution in [2.45, 2.75) is 38.6 Å². The van der Waals surface area contributed by atoms with Crippen molar-refractivity contribution in [3.63, 3.8) is 0 Å². The number of nitrogens with zero attached hydrogens (tertiary/aromatic N) is 4. The van der Waals surface area contributed by atoms with E-state index in [9.17, 15) is 0 Å². The topological polar surface area (TPSA) is 55.6 Å². The molecular weight excluding hydrogens is 250 g/mol. The fourth-order valence-electron chi connectivity index (χ4n) is 2.94. The molecule has 0 amide bonds. The van der Waals surface area contributed by atoms with Crippen molar-refractivity contribution in [2.24, 2.45) is 11.8 Å². The average molecular weight is 269 g/mol. The summed E-state index contributed by atoms with van der Waals surface area (Å²) in [6.07, 6.45) is 7.20. The van der Waals surface area contributed by atoms with E-state index in [1.165, 1.54) is 36.9 Å². The van der Waals surface area contributed by atoms with Crippen molar-refractivity contribution in [1.29, 1.82) is 0 Å². The minimum atomic E-state index is 0.666. The standard InChI is InChI=1S/C15H19N5/c1-10-2-7-13(8-14(10)20-9-16-18-19-20)17-15(11-3-4-11)12-5-6-12/h2,7-9,11-12,15,17H,3-6H2,1H3.